The van der Waals surface area contributed by atoms with E-state index in [0.29, 0.717) is 6.54 Å². The highest BCUT2D eigenvalue weighted by molar-refractivity contribution is 5.92. The third kappa shape index (κ3) is 7.14. The molecule has 0 aliphatic heterocycles. The van der Waals surface area contributed by atoms with E-state index in [9.17, 15) is 4.79 Å². The molecule has 0 fully saturated rings. The quantitative estimate of drug-likeness (QED) is 0.646. The van der Waals surface area contributed by atoms with Gasteiger partial charge in [0.05, 0.1) is 13.2 Å². The molecule has 0 saturated heterocycles. The Morgan fingerprint density at radius 2 is 1.85 bits per heavy atom. The van der Waals surface area contributed by atoms with Crippen molar-refractivity contribution in [3.05, 3.63) is 24.3 Å². The normalized spacial score (nSPS) is 10.3. The smallest absolute Gasteiger partial charge is 0.238 e. The monoisotopic (exact) mass is 278 g/mol. The van der Waals surface area contributed by atoms with Crippen LogP contribution < -0.4 is 15.4 Å². The molecular formula is C16H26N2O2. The first kappa shape index (κ1) is 16.5. The number of carbonyl (C=O) groups excluding carboxylic acids is 1. The van der Waals surface area contributed by atoms with Gasteiger partial charge in [0.1, 0.15) is 5.75 Å². The molecule has 112 valence electrons. The Morgan fingerprint density at radius 1 is 1.10 bits per heavy atom. The lowest BCUT2D eigenvalue weighted by molar-refractivity contribution is -0.115. The third-order valence-corrected chi connectivity index (χ3v) is 2.94. The van der Waals surface area contributed by atoms with Crippen molar-refractivity contribution in [2.45, 2.75) is 39.5 Å². The number of likely N-dealkylation sites (N-methyl/N-ethyl adjacent to an activating group) is 1. The third-order valence-electron chi connectivity index (χ3n) is 2.94. The molecule has 0 aromatic heterocycles. The van der Waals surface area contributed by atoms with Gasteiger partial charge in [-0.15, -0.1) is 0 Å². The minimum Gasteiger partial charge on any atom is -0.494 e. The molecule has 0 radical (unpaired) electrons. The highest BCUT2D eigenvalue weighted by atomic mass is 16.5. The van der Waals surface area contributed by atoms with E-state index in [-0.39, 0.29) is 5.91 Å². The zero-order valence-corrected chi connectivity index (χ0v) is 12.6. The summed E-state index contributed by atoms with van der Waals surface area (Å²) in [7, 11) is 0. The summed E-state index contributed by atoms with van der Waals surface area (Å²) in [5.74, 6) is 0.825. The summed E-state index contributed by atoms with van der Waals surface area (Å²) in [6.07, 6.45) is 4.81. The molecule has 1 rings (SSSR count). The van der Waals surface area contributed by atoms with E-state index in [2.05, 4.69) is 17.6 Å². The summed E-state index contributed by atoms with van der Waals surface area (Å²) < 4.78 is 5.65. The van der Waals surface area contributed by atoms with Crippen molar-refractivity contribution in [1.29, 1.82) is 0 Å². The second kappa shape index (κ2) is 10.3. The molecule has 0 heterocycles. The van der Waals surface area contributed by atoms with Gasteiger partial charge in [0.2, 0.25) is 5.91 Å². The van der Waals surface area contributed by atoms with Gasteiger partial charge in [-0.25, -0.2) is 0 Å². The van der Waals surface area contributed by atoms with Crippen LogP contribution in [0.1, 0.15) is 39.5 Å². The van der Waals surface area contributed by atoms with E-state index in [1.807, 2.05) is 31.2 Å². The summed E-state index contributed by atoms with van der Waals surface area (Å²) in [4.78, 5) is 11.5. The fraction of sp³-hybridized carbons (Fsp3) is 0.562. The highest BCUT2D eigenvalue weighted by Crippen LogP contribution is 2.16. The van der Waals surface area contributed by atoms with Gasteiger partial charge in [0.25, 0.3) is 0 Å². The van der Waals surface area contributed by atoms with Crippen LogP contribution in [0.4, 0.5) is 5.69 Å². The van der Waals surface area contributed by atoms with Crippen molar-refractivity contribution in [2.75, 3.05) is 25.0 Å². The van der Waals surface area contributed by atoms with Crippen molar-refractivity contribution in [3.8, 4) is 5.75 Å². The van der Waals surface area contributed by atoms with E-state index in [1.54, 1.807) is 0 Å². The summed E-state index contributed by atoms with van der Waals surface area (Å²) in [5, 5.41) is 5.82. The number of unbranched alkanes of at least 4 members (excludes halogenated alkanes) is 3. The number of anilines is 1. The molecule has 1 aromatic rings. The Bertz CT molecular complexity index is 377. The van der Waals surface area contributed by atoms with Gasteiger partial charge < -0.3 is 15.4 Å². The van der Waals surface area contributed by atoms with Crippen LogP contribution in [0.15, 0.2) is 24.3 Å². The predicted molar refractivity (Wildman–Crippen MR) is 83.3 cm³/mol. The van der Waals surface area contributed by atoms with E-state index in [4.69, 9.17) is 4.74 Å². The molecule has 1 aromatic carbocycles. The van der Waals surface area contributed by atoms with E-state index < -0.39 is 0 Å². The first-order valence-corrected chi connectivity index (χ1v) is 7.49. The molecule has 0 unspecified atom stereocenters. The van der Waals surface area contributed by atoms with Crippen molar-refractivity contribution in [1.82, 2.24) is 5.32 Å². The van der Waals surface area contributed by atoms with E-state index in [0.717, 1.165) is 31.0 Å². The average Bonchev–Trinajstić information content (AvgIpc) is 2.46. The molecule has 0 atom stereocenters. The van der Waals surface area contributed by atoms with Crippen molar-refractivity contribution in [2.24, 2.45) is 0 Å². The molecule has 4 heteroatoms. The van der Waals surface area contributed by atoms with Gasteiger partial charge in [0, 0.05) is 5.69 Å². The fourth-order valence-electron chi connectivity index (χ4n) is 1.80. The number of hydrogen-bond donors (Lipinski definition) is 2. The Balaban J connectivity index is 2.27. The van der Waals surface area contributed by atoms with Gasteiger partial charge in [0.15, 0.2) is 0 Å². The molecule has 4 nitrogen and oxygen atoms in total. The Kier molecular flexibility index (Phi) is 8.47. The molecule has 20 heavy (non-hydrogen) atoms. The molecule has 0 aliphatic carbocycles. The van der Waals surface area contributed by atoms with Gasteiger partial charge in [-0.1, -0.05) is 33.1 Å². The number of hydrogen-bond acceptors (Lipinski definition) is 3. The lowest BCUT2D eigenvalue weighted by Crippen LogP contribution is -2.27. The van der Waals surface area contributed by atoms with Crippen molar-refractivity contribution >= 4 is 11.6 Å². The zero-order valence-electron chi connectivity index (χ0n) is 12.6. The molecule has 0 spiro atoms. The van der Waals surface area contributed by atoms with Crippen LogP contribution in [0.3, 0.4) is 0 Å². The standard InChI is InChI=1S/C16H26N2O2/c1-3-5-6-7-12-20-15-10-8-14(9-11-15)18-16(19)13-17-4-2/h8-11,17H,3-7,12-13H2,1-2H3,(H,18,19). The summed E-state index contributed by atoms with van der Waals surface area (Å²) in [6.45, 7) is 6.06. The zero-order chi connectivity index (χ0) is 14.6. The van der Waals surface area contributed by atoms with Crippen LogP contribution in [0.25, 0.3) is 0 Å². The molecule has 0 aliphatic rings. The number of amides is 1. The summed E-state index contributed by atoms with van der Waals surface area (Å²) in [6, 6.07) is 7.52. The van der Waals surface area contributed by atoms with Gasteiger partial charge in [-0.3, -0.25) is 4.79 Å². The molecule has 1 amide bonds. The average molecular weight is 278 g/mol. The largest absolute Gasteiger partial charge is 0.494 e. The lowest BCUT2D eigenvalue weighted by Gasteiger charge is -2.08. The van der Waals surface area contributed by atoms with Crippen LogP contribution in [0.5, 0.6) is 5.75 Å². The maximum Gasteiger partial charge on any atom is 0.238 e. The molecular weight excluding hydrogens is 252 g/mol. The first-order valence-electron chi connectivity index (χ1n) is 7.49. The molecule has 0 bridgehead atoms. The minimum atomic E-state index is -0.0277. The highest BCUT2D eigenvalue weighted by Gasteiger charge is 2.01. The molecule has 0 saturated carbocycles. The Morgan fingerprint density at radius 3 is 2.50 bits per heavy atom. The van der Waals surface area contributed by atoms with Crippen LogP contribution in [0.2, 0.25) is 0 Å². The van der Waals surface area contributed by atoms with E-state index in [1.165, 1.54) is 19.3 Å². The lowest BCUT2D eigenvalue weighted by atomic mass is 10.2. The Labute approximate surface area is 121 Å². The Hall–Kier alpha value is -1.55. The first-order chi connectivity index (χ1) is 9.76. The summed E-state index contributed by atoms with van der Waals surface area (Å²) >= 11 is 0. The number of rotatable bonds is 10. The van der Waals surface area contributed by atoms with Gasteiger partial charge in [-0.05, 0) is 37.2 Å². The number of benzene rings is 1. The van der Waals surface area contributed by atoms with Crippen molar-refractivity contribution in [3.63, 3.8) is 0 Å². The molecule has 2 N–H and O–H groups in total. The maximum absolute atomic E-state index is 11.5. The van der Waals surface area contributed by atoms with E-state index >= 15 is 0 Å². The second-order valence-corrected chi connectivity index (χ2v) is 4.76. The number of carbonyl (C=O) groups is 1. The van der Waals surface area contributed by atoms with Crippen LogP contribution in [0, 0.1) is 0 Å². The maximum atomic E-state index is 11.5. The fourth-order valence-corrected chi connectivity index (χ4v) is 1.80. The number of nitrogens with one attached hydrogen (secondary N) is 2. The van der Waals surface area contributed by atoms with Gasteiger partial charge in [-0.2, -0.15) is 0 Å². The van der Waals surface area contributed by atoms with Crippen LogP contribution in [-0.2, 0) is 4.79 Å². The minimum absolute atomic E-state index is 0.0277. The SMILES string of the molecule is CCCCCCOc1ccc(NC(=O)CNCC)cc1. The van der Waals surface area contributed by atoms with Crippen LogP contribution in [-0.4, -0.2) is 25.6 Å². The predicted octanol–water partition coefficient (Wildman–Crippen LogP) is 3.19. The second-order valence-electron chi connectivity index (χ2n) is 4.76. The van der Waals surface area contributed by atoms with Crippen molar-refractivity contribution < 1.29 is 9.53 Å². The topological polar surface area (TPSA) is 50.4 Å². The number of ether oxygens (including phenoxy) is 1. The van der Waals surface area contributed by atoms with Crippen LogP contribution >= 0.6 is 0 Å². The van der Waals surface area contributed by atoms with Gasteiger partial charge >= 0.3 is 0 Å². The summed E-state index contributed by atoms with van der Waals surface area (Å²) in [5.41, 5.74) is 0.797.